The van der Waals surface area contributed by atoms with Crippen LogP contribution in [0, 0.1) is 0 Å². The molecule has 0 amide bonds. The van der Waals surface area contributed by atoms with Crippen LogP contribution in [0.3, 0.4) is 0 Å². The van der Waals surface area contributed by atoms with E-state index in [0.717, 1.165) is 13.0 Å². The third-order valence-corrected chi connectivity index (χ3v) is 3.06. The van der Waals surface area contributed by atoms with Gasteiger partial charge >= 0.3 is 0 Å². The first kappa shape index (κ1) is 14.5. The number of thiocarbonyl (C=S) groups is 2. The molecule has 2 rings (SSSR count). The summed E-state index contributed by atoms with van der Waals surface area (Å²) < 4.78 is 0.644. The number of rotatable bonds is 2. The minimum atomic E-state index is 0.303. The second kappa shape index (κ2) is 6.51. The Bertz CT molecular complexity index is 506. The van der Waals surface area contributed by atoms with Gasteiger partial charge in [-0.15, -0.1) is 25.3 Å². The Morgan fingerprint density at radius 2 is 2.05 bits per heavy atom. The zero-order chi connectivity index (χ0) is 13.8. The quantitative estimate of drug-likeness (QED) is 0.488. The molecule has 1 aromatic heterocycles. The Morgan fingerprint density at radius 1 is 1.26 bits per heavy atom. The van der Waals surface area contributed by atoms with Crippen molar-refractivity contribution >= 4 is 64.2 Å². The van der Waals surface area contributed by atoms with Crippen molar-refractivity contribution in [2.75, 3.05) is 11.6 Å². The van der Waals surface area contributed by atoms with E-state index in [-0.39, 0.29) is 0 Å². The van der Waals surface area contributed by atoms with E-state index < -0.39 is 0 Å². The molecule has 0 aliphatic carbocycles. The topological polar surface area (TPSA) is 35.5 Å². The molecule has 0 saturated carbocycles. The highest BCUT2D eigenvalue weighted by Gasteiger charge is 2.26. The summed E-state index contributed by atoms with van der Waals surface area (Å²) in [5.74, 6) is 0.527. The highest BCUT2D eigenvalue weighted by molar-refractivity contribution is 8.12. The Morgan fingerprint density at radius 3 is 2.53 bits per heavy atom. The molecule has 0 N–H and O–H groups in total. The molecule has 2 heterocycles. The number of nitrogens with zero attached hydrogens (tertiary/aromatic N) is 5. The van der Waals surface area contributed by atoms with Crippen molar-refractivity contribution in [1.82, 2.24) is 20.1 Å². The fourth-order valence-corrected chi connectivity index (χ4v) is 2.37. The highest BCUT2D eigenvalue weighted by atomic mass is 32.1. The highest BCUT2D eigenvalue weighted by Crippen LogP contribution is 2.21. The summed E-state index contributed by atoms with van der Waals surface area (Å²) >= 11 is 18.8. The summed E-state index contributed by atoms with van der Waals surface area (Å²) in [4.78, 5) is 8.24. The maximum absolute atomic E-state index is 5.18. The molecule has 0 fully saturated rings. The molecular weight excluding hydrogens is 318 g/mol. The van der Waals surface area contributed by atoms with Gasteiger partial charge in [0.25, 0.3) is 0 Å². The summed E-state index contributed by atoms with van der Waals surface area (Å²) in [6.07, 6.45) is 9.63. The second-order valence-corrected chi connectivity index (χ2v) is 5.79. The van der Waals surface area contributed by atoms with Crippen LogP contribution in [-0.2, 0) is 0 Å². The van der Waals surface area contributed by atoms with E-state index in [1.54, 1.807) is 28.7 Å². The van der Waals surface area contributed by atoms with Crippen molar-refractivity contribution in [3.63, 3.8) is 0 Å². The molecule has 0 unspecified atom stereocenters. The molecule has 5 nitrogen and oxygen atoms in total. The van der Waals surface area contributed by atoms with E-state index in [4.69, 9.17) is 24.4 Å². The van der Waals surface area contributed by atoms with Gasteiger partial charge < -0.3 is 0 Å². The lowest BCUT2D eigenvalue weighted by Crippen LogP contribution is -2.53. The largest absolute Gasteiger partial charge is 0.272 e. The monoisotopic (exact) mass is 329 g/mol. The van der Waals surface area contributed by atoms with E-state index in [9.17, 15) is 0 Å². The van der Waals surface area contributed by atoms with Crippen molar-refractivity contribution in [3.05, 3.63) is 30.9 Å². The van der Waals surface area contributed by atoms with Gasteiger partial charge in [0.05, 0.1) is 6.20 Å². The third kappa shape index (κ3) is 3.35. The number of anilines is 1. The zero-order valence-corrected chi connectivity index (χ0v) is 13.2. The Hall–Kier alpha value is -0.900. The van der Waals surface area contributed by atoms with Gasteiger partial charge in [0.2, 0.25) is 0 Å². The van der Waals surface area contributed by atoms with Crippen LogP contribution in [0.25, 0.3) is 0 Å². The predicted molar refractivity (Wildman–Crippen MR) is 90.0 cm³/mol. The number of thiol groups is 2. The van der Waals surface area contributed by atoms with Crippen LogP contribution in [0.15, 0.2) is 30.9 Å². The first-order valence-corrected chi connectivity index (χ1v) is 7.07. The standard InChI is InChI=1S/C10H11N5S4/c16-9(17)14(8-7-11-3-4-12-8)15(10(18)19)13-5-1-2-6-13/h1,3-5,7H,2,6H2,(H,16,17)(H,18,19). The van der Waals surface area contributed by atoms with Crippen molar-refractivity contribution in [3.8, 4) is 0 Å². The van der Waals surface area contributed by atoms with Gasteiger partial charge in [-0.2, -0.15) is 10.1 Å². The second-order valence-electron chi connectivity index (χ2n) is 3.57. The Kier molecular flexibility index (Phi) is 4.97. The van der Waals surface area contributed by atoms with Crippen LogP contribution in [0.2, 0.25) is 0 Å². The van der Waals surface area contributed by atoms with Gasteiger partial charge in [0, 0.05) is 25.1 Å². The Balaban J connectivity index is 2.38. The molecule has 0 atom stereocenters. The molecule has 1 aromatic rings. The molecular formula is C10H11N5S4. The lowest BCUT2D eigenvalue weighted by Gasteiger charge is -2.39. The maximum Gasteiger partial charge on any atom is 0.175 e. The minimum absolute atomic E-state index is 0.303. The normalized spacial score (nSPS) is 13.5. The molecule has 9 heteroatoms. The summed E-state index contributed by atoms with van der Waals surface area (Å²) in [5.41, 5.74) is 0. The lowest BCUT2D eigenvalue weighted by atomic mass is 10.5. The van der Waals surface area contributed by atoms with Crippen molar-refractivity contribution < 1.29 is 0 Å². The van der Waals surface area contributed by atoms with Crippen LogP contribution in [0.1, 0.15) is 6.42 Å². The molecule has 100 valence electrons. The average Bonchev–Trinajstić information content (AvgIpc) is 2.89. The summed E-state index contributed by atoms with van der Waals surface area (Å²) in [6, 6.07) is 0. The van der Waals surface area contributed by atoms with Crippen LogP contribution in [0.4, 0.5) is 5.82 Å². The van der Waals surface area contributed by atoms with Crippen LogP contribution < -0.4 is 5.01 Å². The van der Waals surface area contributed by atoms with Gasteiger partial charge in [0.15, 0.2) is 14.5 Å². The van der Waals surface area contributed by atoms with Gasteiger partial charge in [-0.3, -0.25) is 9.99 Å². The molecule has 0 saturated heterocycles. The van der Waals surface area contributed by atoms with Crippen molar-refractivity contribution in [2.45, 2.75) is 6.42 Å². The van der Waals surface area contributed by atoms with E-state index in [2.05, 4.69) is 35.2 Å². The SMILES string of the molecule is S=C(S)N(c1cnccn1)N(C(=S)S)N1C=CCC1. The van der Waals surface area contributed by atoms with Crippen molar-refractivity contribution in [1.29, 1.82) is 0 Å². The Labute approximate surface area is 133 Å². The molecule has 0 aromatic carbocycles. The molecule has 0 bridgehead atoms. The summed E-state index contributed by atoms with van der Waals surface area (Å²) in [5, 5.41) is 5.12. The first-order valence-electron chi connectivity index (χ1n) is 5.36. The zero-order valence-electron chi connectivity index (χ0n) is 9.75. The molecule has 1 aliphatic heterocycles. The minimum Gasteiger partial charge on any atom is -0.272 e. The van der Waals surface area contributed by atoms with Gasteiger partial charge in [-0.25, -0.2) is 4.98 Å². The fraction of sp³-hybridized carbons (Fsp3) is 0.200. The summed E-state index contributed by atoms with van der Waals surface area (Å²) in [7, 11) is 0. The van der Waals surface area contributed by atoms with E-state index in [0.29, 0.717) is 14.5 Å². The molecule has 19 heavy (non-hydrogen) atoms. The van der Waals surface area contributed by atoms with E-state index in [1.165, 1.54) is 0 Å². The van der Waals surface area contributed by atoms with E-state index in [1.807, 2.05) is 17.3 Å². The number of hydrogen-bond acceptors (Lipinski definition) is 5. The molecule has 0 radical (unpaired) electrons. The maximum atomic E-state index is 5.18. The number of aromatic nitrogens is 2. The summed E-state index contributed by atoms with van der Waals surface area (Å²) in [6.45, 7) is 0.786. The fourth-order valence-electron chi connectivity index (χ4n) is 1.62. The van der Waals surface area contributed by atoms with E-state index >= 15 is 0 Å². The predicted octanol–water partition coefficient (Wildman–Crippen LogP) is 2.06. The molecule has 0 spiro atoms. The molecule has 1 aliphatic rings. The van der Waals surface area contributed by atoms with Gasteiger partial charge in [-0.05, 0) is 18.6 Å². The van der Waals surface area contributed by atoms with Gasteiger partial charge in [0.1, 0.15) is 0 Å². The first-order chi connectivity index (χ1) is 9.11. The number of hydrazine groups is 2. The van der Waals surface area contributed by atoms with Gasteiger partial charge in [-0.1, -0.05) is 18.3 Å². The number of hydrogen-bond donors (Lipinski definition) is 2. The van der Waals surface area contributed by atoms with Crippen LogP contribution in [-0.4, -0.2) is 35.3 Å². The third-order valence-electron chi connectivity index (χ3n) is 2.35. The smallest absolute Gasteiger partial charge is 0.175 e. The van der Waals surface area contributed by atoms with Crippen LogP contribution >= 0.6 is 49.7 Å². The average molecular weight is 330 g/mol. The lowest BCUT2D eigenvalue weighted by molar-refractivity contribution is 0.128. The van der Waals surface area contributed by atoms with Crippen molar-refractivity contribution in [2.24, 2.45) is 0 Å². The van der Waals surface area contributed by atoms with Crippen LogP contribution in [0.5, 0.6) is 0 Å².